The molecule has 0 atom stereocenters. The second-order valence-electron chi connectivity index (χ2n) is 10.7. The van der Waals surface area contributed by atoms with E-state index in [1.54, 1.807) is 0 Å². The van der Waals surface area contributed by atoms with Crippen molar-refractivity contribution in [3.05, 3.63) is 58.7 Å². The molecule has 0 radical (unpaired) electrons. The Bertz CT molecular complexity index is 885. The summed E-state index contributed by atoms with van der Waals surface area (Å²) in [6.45, 7) is 6.84. The summed E-state index contributed by atoms with van der Waals surface area (Å²) in [4.78, 5) is 12.6. The predicted octanol–water partition coefficient (Wildman–Crippen LogP) is 10.1. The van der Waals surface area contributed by atoms with Crippen LogP contribution in [-0.4, -0.2) is 5.78 Å². The molecule has 1 heteroatoms. The Morgan fingerprint density at radius 1 is 0.706 bits per heavy atom. The third kappa shape index (κ3) is 7.82. The van der Waals surface area contributed by atoms with Gasteiger partial charge in [-0.25, -0.2) is 0 Å². The summed E-state index contributed by atoms with van der Waals surface area (Å²) >= 11 is 0. The summed E-state index contributed by atoms with van der Waals surface area (Å²) < 4.78 is 0. The highest BCUT2D eigenvalue weighted by Gasteiger charge is 2.20. The van der Waals surface area contributed by atoms with Crippen LogP contribution in [0.5, 0.6) is 0 Å². The van der Waals surface area contributed by atoms with Gasteiger partial charge < -0.3 is 0 Å². The van der Waals surface area contributed by atoms with Gasteiger partial charge in [-0.15, -0.1) is 0 Å². The van der Waals surface area contributed by atoms with Crippen LogP contribution in [0.4, 0.5) is 0 Å². The van der Waals surface area contributed by atoms with E-state index in [9.17, 15) is 4.79 Å². The fourth-order valence-corrected chi connectivity index (χ4v) is 5.63. The number of hydrogen-bond donors (Lipinski definition) is 0. The molecule has 1 aliphatic rings. The molecule has 0 spiro atoms. The molecular formula is C33H48O. The maximum Gasteiger partial charge on any atom is 0.162 e. The molecule has 3 rings (SSSR count). The highest BCUT2D eigenvalue weighted by atomic mass is 16.1. The van der Waals surface area contributed by atoms with Crippen LogP contribution >= 0.6 is 0 Å². The van der Waals surface area contributed by atoms with E-state index in [1.165, 1.54) is 111 Å². The minimum absolute atomic E-state index is 0.312. The van der Waals surface area contributed by atoms with E-state index in [0.29, 0.717) is 12.2 Å². The summed E-state index contributed by atoms with van der Waals surface area (Å²) in [6.07, 6.45) is 19.9. The molecule has 0 amide bonds. The largest absolute Gasteiger partial charge is 0.294 e. The zero-order valence-electron chi connectivity index (χ0n) is 22.3. The van der Waals surface area contributed by atoms with Crippen LogP contribution in [0.2, 0.25) is 0 Å². The molecule has 1 aliphatic carbocycles. The number of carbonyl (C=O) groups is 1. The van der Waals surface area contributed by atoms with Gasteiger partial charge in [0.2, 0.25) is 0 Å². The summed E-state index contributed by atoms with van der Waals surface area (Å²) in [5.74, 6) is 1.25. The smallest absolute Gasteiger partial charge is 0.162 e. The molecular weight excluding hydrogens is 412 g/mol. The summed E-state index contributed by atoms with van der Waals surface area (Å²) in [6, 6.07) is 13.5. The van der Waals surface area contributed by atoms with E-state index >= 15 is 0 Å². The van der Waals surface area contributed by atoms with Gasteiger partial charge in [-0.2, -0.15) is 0 Å². The highest BCUT2D eigenvalue weighted by Crippen LogP contribution is 2.38. The molecule has 0 aliphatic heterocycles. The molecule has 0 N–H and O–H groups in total. The van der Waals surface area contributed by atoms with Gasteiger partial charge in [-0.05, 0) is 65.5 Å². The Labute approximate surface area is 209 Å². The van der Waals surface area contributed by atoms with E-state index in [0.717, 1.165) is 24.3 Å². The van der Waals surface area contributed by atoms with Crippen molar-refractivity contribution in [2.24, 2.45) is 5.92 Å². The predicted molar refractivity (Wildman–Crippen MR) is 148 cm³/mol. The van der Waals surface area contributed by atoms with Crippen LogP contribution < -0.4 is 0 Å². The maximum atomic E-state index is 12.6. The Kier molecular flexibility index (Phi) is 11.4. The summed E-state index contributed by atoms with van der Waals surface area (Å²) in [7, 11) is 0. The van der Waals surface area contributed by atoms with Gasteiger partial charge in [-0.3, -0.25) is 4.79 Å². The first-order valence-electron chi connectivity index (χ1n) is 14.4. The first kappa shape index (κ1) is 26.7. The molecule has 0 fully saturated rings. The average Bonchev–Trinajstić information content (AvgIpc) is 3.22. The zero-order chi connectivity index (χ0) is 24.2. The lowest BCUT2D eigenvalue weighted by Gasteiger charge is -2.16. The number of benzene rings is 2. The molecule has 0 aromatic heterocycles. The third-order valence-electron chi connectivity index (χ3n) is 7.79. The van der Waals surface area contributed by atoms with Gasteiger partial charge in [-0.1, -0.05) is 122 Å². The number of unbranched alkanes of at least 4 members (excludes halogenated alkanes) is 6. The molecule has 0 bridgehead atoms. The van der Waals surface area contributed by atoms with E-state index in [1.807, 2.05) is 0 Å². The minimum Gasteiger partial charge on any atom is -0.294 e. The maximum absolute atomic E-state index is 12.6. The fraction of sp³-hybridized carbons (Fsp3) is 0.606. The quantitative estimate of drug-likeness (QED) is 0.145. The Hall–Kier alpha value is -1.89. The van der Waals surface area contributed by atoms with Crippen molar-refractivity contribution >= 4 is 5.78 Å². The van der Waals surface area contributed by atoms with Crippen LogP contribution in [0, 0.1) is 5.92 Å². The van der Waals surface area contributed by atoms with Gasteiger partial charge in [0.25, 0.3) is 0 Å². The van der Waals surface area contributed by atoms with Crippen LogP contribution in [0.1, 0.15) is 138 Å². The molecule has 0 saturated heterocycles. The highest BCUT2D eigenvalue weighted by molar-refractivity contribution is 5.97. The molecule has 186 valence electrons. The molecule has 2 aromatic rings. The van der Waals surface area contributed by atoms with Crippen molar-refractivity contribution in [1.82, 2.24) is 0 Å². The Balaban J connectivity index is 1.51. The lowest BCUT2D eigenvalue weighted by Crippen LogP contribution is -2.01. The molecule has 2 aromatic carbocycles. The second-order valence-corrected chi connectivity index (χ2v) is 10.7. The standard InChI is InChI=1S/C33H48O/c1-4-7-10-11-18-33(34)28-20-22-32-30(24-28)25-29-23-27(19-21-31(29)32)17-13-12-16-26(14-8-5-2)15-9-6-3/h19-24,26H,4-18,25H2,1-3H3. The fourth-order valence-electron chi connectivity index (χ4n) is 5.63. The van der Waals surface area contributed by atoms with Crippen LogP contribution in [0.15, 0.2) is 36.4 Å². The van der Waals surface area contributed by atoms with Gasteiger partial charge in [0.15, 0.2) is 5.78 Å². The summed E-state index contributed by atoms with van der Waals surface area (Å²) in [5.41, 5.74) is 7.88. The zero-order valence-corrected chi connectivity index (χ0v) is 22.3. The number of carbonyl (C=O) groups excluding carboxylic acids is 1. The lowest BCUT2D eigenvalue weighted by molar-refractivity contribution is 0.0979. The van der Waals surface area contributed by atoms with Crippen molar-refractivity contribution < 1.29 is 4.79 Å². The van der Waals surface area contributed by atoms with Crippen molar-refractivity contribution in [1.29, 1.82) is 0 Å². The third-order valence-corrected chi connectivity index (χ3v) is 7.79. The number of fused-ring (bicyclic) bond motifs is 3. The van der Waals surface area contributed by atoms with Gasteiger partial charge in [0, 0.05) is 12.0 Å². The normalized spacial score (nSPS) is 12.2. The number of ketones is 1. The van der Waals surface area contributed by atoms with Crippen molar-refractivity contribution in [2.75, 3.05) is 0 Å². The number of rotatable bonds is 17. The molecule has 0 saturated carbocycles. The Morgan fingerprint density at radius 2 is 1.35 bits per heavy atom. The lowest BCUT2D eigenvalue weighted by atomic mass is 9.90. The molecule has 34 heavy (non-hydrogen) atoms. The average molecular weight is 461 g/mol. The van der Waals surface area contributed by atoms with Crippen molar-refractivity contribution in [3.63, 3.8) is 0 Å². The van der Waals surface area contributed by atoms with E-state index in [4.69, 9.17) is 0 Å². The van der Waals surface area contributed by atoms with Gasteiger partial charge in [0.05, 0.1) is 0 Å². The minimum atomic E-state index is 0.312. The molecule has 0 heterocycles. The van der Waals surface area contributed by atoms with Crippen LogP contribution in [-0.2, 0) is 12.8 Å². The topological polar surface area (TPSA) is 17.1 Å². The monoisotopic (exact) mass is 460 g/mol. The van der Waals surface area contributed by atoms with Crippen LogP contribution in [0.25, 0.3) is 11.1 Å². The van der Waals surface area contributed by atoms with E-state index in [2.05, 4.69) is 57.2 Å². The number of aryl methyl sites for hydroxylation is 1. The Morgan fingerprint density at radius 3 is 2.06 bits per heavy atom. The summed E-state index contributed by atoms with van der Waals surface area (Å²) in [5, 5.41) is 0. The van der Waals surface area contributed by atoms with E-state index < -0.39 is 0 Å². The second kappa shape index (κ2) is 14.5. The van der Waals surface area contributed by atoms with E-state index in [-0.39, 0.29) is 0 Å². The first-order valence-corrected chi connectivity index (χ1v) is 14.4. The van der Waals surface area contributed by atoms with Gasteiger partial charge >= 0.3 is 0 Å². The molecule has 1 nitrogen and oxygen atoms in total. The number of hydrogen-bond acceptors (Lipinski definition) is 1. The van der Waals surface area contributed by atoms with Crippen molar-refractivity contribution in [2.45, 2.75) is 124 Å². The first-order chi connectivity index (χ1) is 16.7. The SMILES string of the molecule is CCCCCCC(=O)c1ccc2c(c1)Cc1cc(CCCCC(CCCC)CCCC)ccc1-2. The van der Waals surface area contributed by atoms with Gasteiger partial charge in [0.1, 0.15) is 0 Å². The molecule has 0 unspecified atom stereocenters. The van der Waals surface area contributed by atoms with Crippen LogP contribution in [0.3, 0.4) is 0 Å². The van der Waals surface area contributed by atoms with Crippen molar-refractivity contribution in [3.8, 4) is 11.1 Å². The number of Topliss-reactive ketones (excluding diaryl/α,β-unsaturated/α-hetero) is 1.